The van der Waals surface area contributed by atoms with Gasteiger partial charge in [0.1, 0.15) is 0 Å². The number of piperazine rings is 3. The van der Waals surface area contributed by atoms with Gasteiger partial charge in [-0.15, -0.1) is 0 Å². The number of likely N-dealkylation sites (N-methyl/N-ethyl adjacent to an activating group) is 3. The first-order chi connectivity index (χ1) is 32.3. The molecule has 0 aliphatic carbocycles. The van der Waals surface area contributed by atoms with E-state index in [-0.39, 0.29) is 62.7 Å². The molecule has 4 aromatic rings. The van der Waals surface area contributed by atoms with E-state index in [2.05, 4.69) is 63.4 Å². The standard InChI is InChI=1S/C16H18F3N3O.C15H16ClF3N4.C12H17F3N4.Cl3OP/c1-10-15(23)8-11-7-14(22-5-3-21(2)4-6-22)12(16(17,18)19)9-13(11)20-10;1-9-14(16)21-12-8-13(23-5-3-22(2)4-6-23)10(15(17,18)19)7-11(12)20-9;1-18-2-4-19(5-3-18)11-7-10(17)9(16)6-8(11)12(13,14)15;1-5(2,3)4/h7,9H,3-6,8H2,1-2H3;7-8H,3-6H2,1-2H3;6-7H,2-5,16-17H2,1H3;. The van der Waals surface area contributed by atoms with Gasteiger partial charge in [-0.3, -0.25) is 9.36 Å². The van der Waals surface area contributed by atoms with Gasteiger partial charge in [0, 0.05) is 90.6 Å². The van der Waals surface area contributed by atoms with Crippen LogP contribution >= 0.6 is 50.5 Å². The number of fused-ring (bicyclic) bond motifs is 2. The number of carbonyl (C=O) groups is 1. The van der Waals surface area contributed by atoms with Gasteiger partial charge in [0.25, 0.3) is 0 Å². The van der Waals surface area contributed by atoms with Gasteiger partial charge < -0.3 is 40.9 Å². The van der Waals surface area contributed by atoms with Crippen molar-refractivity contribution in [1.29, 1.82) is 0 Å². The summed E-state index contributed by atoms with van der Waals surface area (Å²) in [6.45, 7) is 10.7. The predicted molar refractivity (Wildman–Crippen MR) is 262 cm³/mol. The molecule has 0 saturated carbocycles. The van der Waals surface area contributed by atoms with Crippen molar-refractivity contribution in [3.05, 3.63) is 69.5 Å². The highest BCUT2D eigenvalue weighted by atomic mass is 36.0. The fourth-order valence-corrected chi connectivity index (χ4v) is 7.93. The number of hydrogen-bond acceptors (Lipinski definition) is 13. The van der Waals surface area contributed by atoms with Crippen LogP contribution in [0.5, 0.6) is 0 Å². The van der Waals surface area contributed by atoms with E-state index in [1.54, 1.807) is 21.6 Å². The van der Waals surface area contributed by atoms with Crippen LogP contribution in [-0.4, -0.2) is 136 Å². The van der Waals surface area contributed by atoms with Crippen molar-refractivity contribution < 1.29 is 48.9 Å². The van der Waals surface area contributed by atoms with E-state index in [1.807, 2.05) is 21.1 Å². The van der Waals surface area contributed by atoms with Crippen LogP contribution in [0, 0.1) is 6.92 Å². The molecule has 0 bridgehead atoms. The number of carbonyl (C=O) groups excluding carboxylic acids is 1. The summed E-state index contributed by atoms with van der Waals surface area (Å²) < 4.78 is 130. The van der Waals surface area contributed by atoms with Crippen molar-refractivity contribution in [2.75, 3.05) is 126 Å². The average Bonchev–Trinajstić information content (AvgIpc) is 3.24. The highest BCUT2D eigenvalue weighted by Gasteiger charge is 2.39. The number of aliphatic imine (C=N–C) groups is 1. The van der Waals surface area contributed by atoms with Gasteiger partial charge in [-0.1, -0.05) is 11.6 Å². The summed E-state index contributed by atoms with van der Waals surface area (Å²) in [5.74, 6) is -0.137. The quantitative estimate of drug-likeness (QED) is 0.115. The number of halogens is 13. The first-order valence-electron chi connectivity index (χ1n) is 21.4. The number of Topliss-reactive ketones (excluding diaryl/α,β-unsaturated/α-hetero) is 1. The van der Waals surface area contributed by atoms with Crippen LogP contribution in [0.3, 0.4) is 0 Å². The van der Waals surface area contributed by atoms with E-state index in [9.17, 15) is 48.9 Å². The number of alkyl halides is 9. The second kappa shape index (κ2) is 22.8. The van der Waals surface area contributed by atoms with Crippen molar-refractivity contribution in [3.63, 3.8) is 0 Å². The molecule has 13 nitrogen and oxygen atoms in total. The number of nitrogens with zero attached hydrogens (tertiary/aromatic N) is 9. The minimum absolute atomic E-state index is 0.0368. The van der Waals surface area contributed by atoms with Gasteiger partial charge in [0.2, 0.25) is 0 Å². The lowest BCUT2D eigenvalue weighted by molar-refractivity contribution is -0.137. The normalized spacial score (nSPS) is 17.7. The van der Waals surface area contributed by atoms with E-state index in [0.29, 0.717) is 69.1 Å². The third-order valence-electron chi connectivity index (χ3n) is 11.8. The fourth-order valence-electron chi connectivity index (χ4n) is 7.80. The summed E-state index contributed by atoms with van der Waals surface area (Å²) in [6, 6.07) is 7.34. The minimum Gasteiger partial charge on any atom is -0.397 e. The Hall–Kier alpha value is -4.02. The van der Waals surface area contributed by atoms with Crippen molar-refractivity contribution >= 4 is 107 Å². The highest BCUT2D eigenvalue weighted by Crippen LogP contribution is 2.61. The van der Waals surface area contributed by atoms with Crippen molar-refractivity contribution in [2.45, 2.75) is 38.8 Å². The molecule has 0 spiro atoms. The van der Waals surface area contributed by atoms with Crippen molar-refractivity contribution in [3.8, 4) is 0 Å². The zero-order chi connectivity index (χ0) is 52.3. The molecule has 3 saturated heterocycles. The molecule has 0 unspecified atom stereocenters. The van der Waals surface area contributed by atoms with Crippen molar-refractivity contribution in [1.82, 2.24) is 24.7 Å². The zero-order valence-electron chi connectivity index (χ0n) is 38.5. The van der Waals surface area contributed by atoms with Gasteiger partial charge in [-0.2, -0.15) is 39.5 Å². The SMILES string of the molecule is CC1=Nc2cc(C(F)(F)F)c(N3CCN(C)CC3)cc2CC1=O.CN1CCN(c2cc(N)c(N)cc2C(F)(F)F)CC1.Cc1nc2cc(C(F)(F)F)c(N3CCN(C)CC3)cc2nc1Cl.O=P(Cl)(Cl)Cl. The van der Waals surface area contributed by atoms with Gasteiger partial charge in [-0.25, -0.2) is 15.0 Å². The molecule has 27 heteroatoms. The van der Waals surface area contributed by atoms with Gasteiger partial charge in [-0.05, 0) is 111 Å². The summed E-state index contributed by atoms with van der Waals surface area (Å²) in [7, 11) is 5.85. The Bertz CT molecular complexity index is 2590. The minimum atomic E-state index is -4.45. The Balaban J connectivity index is 0.000000187. The molecule has 1 aromatic heterocycles. The molecule has 0 amide bonds. The maximum atomic E-state index is 13.5. The zero-order valence-corrected chi connectivity index (χ0v) is 42.4. The molecule has 4 aliphatic heterocycles. The van der Waals surface area contributed by atoms with Gasteiger partial charge >= 0.3 is 23.7 Å². The molecular formula is C43H51Cl4F9N11O2P. The van der Waals surface area contributed by atoms with Crippen LogP contribution in [0.25, 0.3) is 11.0 Å². The number of hydrogen-bond donors (Lipinski definition) is 2. The lowest BCUT2D eigenvalue weighted by Crippen LogP contribution is -2.45. The largest absolute Gasteiger partial charge is 0.418 e. The first-order valence-corrected chi connectivity index (χ1v) is 26.2. The fraction of sp³-hybridized carbons (Fsp3) is 0.488. The molecule has 386 valence electrons. The number of aryl methyl sites for hydroxylation is 1. The van der Waals surface area contributed by atoms with Crippen LogP contribution in [0.1, 0.15) is 34.9 Å². The number of nitrogen functional groups attached to an aromatic ring is 2. The molecule has 70 heavy (non-hydrogen) atoms. The van der Waals surface area contributed by atoms with Crippen LogP contribution in [-0.2, 0) is 34.3 Å². The van der Waals surface area contributed by atoms with Gasteiger partial charge in [0.05, 0.1) is 67.6 Å². The van der Waals surface area contributed by atoms with E-state index in [4.69, 9.17) is 23.1 Å². The number of aromatic nitrogens is 2. The smallest absolute Gasteiger partial charge is 0.397 e. The summed E-state index contributed by atoms with van der Waals surface area (Å²) in [4.78, 5) is 35.6. The second-order valence-corrected chi connectivity index (χ2v) is 24.0. The van der Waals surface area contributed by atoms with Gasteiger partial charge in [0.15, 0.2) is 10.9 Å². The molecule has 0 radical (unpaired) electrons. The molecule has 0 atom stereocenters. The summed E-state index contributed by atoms with van der Waals surface area (Å²) in [5.41, 5.74) is 11.7. The van der Waals surface area contributed by atoms with E-state index >= 15 is 0 Å². The Morgan fingerprint density at radius 3 is 1.34 bits per heavy atom. The van der Waals surface area contributed by atoms with E-state index < -0.39 is 40.4 Å². The average molecular weight is 1100 g/mol. The lowest BCUT2D eigenvalue weighted by atomic mass is 9.97. The maximum Gasteiger partial charge on any atom is 0.418 e. The first kappa shape index (κ1) is 56.9. The van der Waals surface area contributed by atoms with Crippen molar-refractivity contribution in [2.24, 2.45) is 4.99 Å². The third-order valence-corrected chi connectivity index (χ3v) is 12.1. The molecule has 8 rings (SSSR count). The number of benzene rings is 3. The monoisotopic (exact) mass is 1100 g/mol. The Labute approximate surface area is 418 Å². The highest BCUT2D eigenvalue weighted by molar-refractivity contribution is 8.24. The number of ketones is 1. The number of nitrogens with two attached hydrogens (primary N) is 2. The lowest BCUT2D eigenvalue weighted by Gasteiger charge is -2.36. The van der Waals surface area contributed by atoms with Crippen LogP contribution < -0.4 is 26.2 Å². The van der Waals surface area contributed by atoms with Crippen LogP contribution in [0.4, 0.5) is 73.6 Å². The summed E-state index contributed by atoms with van der Waals surface area (Å²) in [6.07, 6.45) is -13.2. The Morgan fingerprint density at radius 2 is 0.914 bits per heavy atom. The molecular weight excluding hydrogens is 1050 g/mol. The number of anilines is 5. The maximum absolute atomic E-state index is 13.5. The van der Waals surface area contributed by atoms with E-state index in [1.165, 1.54) is 25.1 Å². The number of rotatable bonds is 3. The molecule has 3 fully saturated rings. The summed E-state index contributed by atoms with van der Waals surface area (Å²) in [5, 5.41) is -3.01. The molecule has 4 N–H and O–H groups in total. The Morgan fingerprint density at radius 1 is 0.557 bits per heavy atom. The molecule has 4 aliphatic rings. The van der Waals surface area contributed by atoms with Crippen LogP contribution in [0.2, 0.25) is 5.15 Å². The predicted octanol–water partition coefficient (Wildman–Crippen LogP) is 10.5. The molecule has 3 aromatic carbocycles. The Kier molecular flexibility index (Phi) is 18.5. The van der Waals surface area contributed by atoms with Crippen LogP contribution in [0.15, 0.2) is 41.4 Å². The molecule has 5 heterocycles. The topological polar surface area (TPSA) is 144 Å². The third kappa shape index (κ3) is 15.5. The van der Waals surface area contributed by atoms with E-state index in [0.717, 1.165) is 44.4 Å². The summed E-state index contributed by atoms with van der Waals surface area (Å²) >= 11 is 19.8. The second-order valence-electron chi connectivity index (χ2n) is 17.0.